The molecule has 39 heavy (non-hydrogen) atoms. The van der Waals surface area contributed by atoms with Crippen molar-refractivity contribution < 1.29 is 23.5 Å². The van der Waals surface area contributed by atoms with Crippen molar-refractivity contribution in [1.29, 1.82) is 0 Å². The molecule has 0 saturated carbocycles. The Balaban J connectivity index is 1.35. The van der Waals surface area contributed by atoms with Crippen LogP contribution in [0, 0.1) is 5.82 Å². The minimum atomic E-state index is -0.479. The van der Waals surface area contributed by atoms with Gasteiger partial charge in [0, 0.05) is 11.1 Å². The molecule has 0 atom stereocenters. The molecule has 4 aromatic rings. The molecule has 0 saturated heterocycles. The molecule has 0 heterocycles. The highest BCUT2D eigenvalue weighted by atomic mass is 19.1. The van der Waals surface area contributed by atoms with E-state index >= 15 is 0 Å². The zero-order chi connectivity index (χ0) is 27.5. The maximum Gasteiger partial charge on any atom is 0.259 e. The van der Waals surface area contributed by atoms with Gasteiger partial charge in [-0.2, -0.15) is 5.10 Å². The topological polar surface area (TPSA) is 89.0 Å². The van der Waals surface area contributed by atoms with Crippen LogP contribution >= 0.6 is 0 Å². The monoisotopic (exact) mass is 527 g/mol. The third-order valence-electron chi connectivity index (χ3n) is 5.91. The number of unbranched alkanes of at least 4 members (excludes halogenated alkanes) is 1. The summed E-state index contributed by atoms with van der Waals surface area (Å²) in [6.45, 7) is 2.72. The highest BCUT2D eigenvalue weighted by Gasteiger charge is 2.10. The van der Waals surface area contributed by atoms with E-state index in [1.807, 2.05) is 36.4 Å². The van der Waals surface area contributed by atoms with Crippen LogP contribution in [0.2, 0.25) is 0 Å². The van der Waals surface area contributed by atoms with Crippen molar-refractivity contribution in [2.45, 2.75) is 26.4 Å². The van der Waals surface area contributed by atoms with Crippen molar-refractivity contribution in [1.82, 2.24) is 10.7 Å². The fourth-order valence-corrected chi connectivity index (χ4v) is 3.78. The summed E-state index contributed by atoms with van der Waals surface area (Å²) in [4.78, 5) is 24.7. The van der Waals surface area contributed by atoms with Gasteiger partial charge in [0.2, 0.25) is 0 Å². The van der Waals surface area contributed by atoms with Crippen molar-refractivity contribution in [3.63, 3.8) is 0 Å². The van der Waals surface area contributed by atoms with Gasteiger partial charge in [-0.1, -0.05) is 55.8 Å². The van der Waals surface area contributed by atoms with E-state index in [0.29, 0.717) is 29.2 Å². The predicted octanol–water partition coefficient (Wildman–Crippen LogP) is 5.62. The lowest BCUT2D eigenvalue weighted by molar-refractivity contribution is -0.120. The first-order chi connectivity index (χ1) is 19.0. The van der Waals surface area contributed by atoms with Gasteiger partial charge in [0.25, 0.3) is 11.8 Å². The first-order valence-corrected chi connectivity index (χ1v) is 12.8. The van der Waals surface area contributed by atoms with Crippen molar-refractivity contribution in [2.24, 2.45) is 5.10 Å². The highest BCUT2D eigenvalue weighted by Crippen LogP contribution is 2.27. The number of hydrazone groups is 1. The van der Waals surface area contributed by atoms with Crippen LogP contribution < -0.4 is 20.2 Å². The Kier molecular flexibility index (Phi) is 9.61. The van der Waals surface area contributed by atoms with E-state index in [0.717, 1.165) is 29.2 Å². The number of nitrogens with zero attached hydrogens (tertiary/aromatic N) is 1. The Morgan fingerprint density at radius 1 is 0.923 bits per heavy atom. The summed E-state index contributed by atoms with van der Waals surface area (Å²) in [7, 11) is 0. The average Bonchev–Trinajstić information content (AvgIpc) is 2.96. The average molecular weight is 528 g/mol. The van der Waals surface area contributed by atoms with Gasteiger partial charge in [0.05, 0.1) is 19.4 Å². The number of benzene rings is 4. The number of ether oxygens (including phenoxy) is 2. The van der Waals surface area contributed by atoms with Crippen LogP contribution in [-0.2, 0) is 11.4 Å². The van der Waals surface area contributed by atoms with Crippen LogP contribution in [0.15, 0.2) is 90.0 Å². The lowest BCUT2D eigenvalue weighted by Gasteiger charge is -2.12. The number of rotatable bonds is 12. The van der Waals surface area contributed by atoms with Gasteiger partial charge in [0.15, 0.2) is 0 Å². The number of hydrogen-bond acceptors (Lipinski definition) is 5. The summed E-state index contributed by atoms with van der Waals surface area (Å²) in [5, 5.41) is 8.55. The Bertz CT molecular complexity index is 1440. The molecule has 0 aromatic heterocycles. The number of hydrogen-bond donors (Lipinski definition) is 2. The van der Waals surface area contributed by atoms with Crippen LogP contribution in [0.3, 0.4) is 0 Å². The molecular formula is C31H30FN3O4. The molecule has 0 spiro atoms. The van der Waals surface area contributed by atoms with Crippen LogP contribution in [0.5, 0.6) is 11.5 Å². The van der Waals surface area contributed by atoms with Gasteiger partial charge >= 0.3 is 0 Å². The Hall–Kier alpha value is -4.72. The summed E-state index contributed by atoms with van der Waals surface area (Å²) in [5.41, 5.74) is 4.37. The Morgan fingerprint density at radius 2 is 1.69 bits per heavy atom. The minimum Gasteiger partial charge on any atom is -0.494 e. The zero-order valence-electron chi connectivity index (χ0n) is 21.7. The van der Waals surface area contributed by atoms with Gasteiger partial charge in [-0.05, 0) is 65.2 Å². The third kappa shape index (κ3) is 7.88. The van der Waals surface area contributed by atoms with E-state index in [9.17, 15) is 14.0 Å². The maximum atomic E-state index is 13.2. The molecule has 0 aliphatic rings. The number of fused-ring (bicyclic) bond motifs is 1. The lowest BCUT2D eigenvalue weighted by atomic mass is 10.0. The summed E-state index contributed by atoms with van der Waals surface area (Å²) in [6, 6.07) is 24.4. The Morgan fingerprint density at radius 3 is 2.46 bits per heavy atom. The summed E-state index contributed by atoms with van der Waals surface area (Å²) in [6.07, 6.45) is 3.52. The standard InChI is InChI=1S/C31H30FN3O4/c1-2-3-18-38-26-15-10-24(11-16-26)31(37)33-20-30(36)35-34-19-28-27-7-5-4-6-23(27)12-17-29(28)39-21-22-8-13-25(32)14-9-22/h4-17,19H,2-3,18,20-21H2,1H3,(H,33,37)(H,35,36)/b34-19+. The van der Waals surface area contributed by atoms with E-state index in [1.165, 1.54) is 18.3 Å². The first kappa shape index (κ1) is 27.3. The molecule has 0 bridgehead atoms. The molecule has 0 unspecified atom stereocenters. The van der Waals surface area contributed by atoms with E-state index in [4.69, 9.17) is 9.47 Å². The number of amides is 2. The van der Waals surface area contributed by atoms with E-state index in [2.05, 4.69) is 22.8 Å². The maximum absolute atomic E-state index is 13.2. The molecule has 0 fully saturated rings. The van der Waals surface area contributed by atoms with Crippen molar-refractivity contribution in [3.8, 4) is 11.5 Å². The molecule has 0 radical (unpaired) electrons. The lowest BCUT2D eigenvalue weighted by Crippen LogP contribution is -2.34. The fraction of sp³-hybridized carbons (Fsp3) is 0.194. The number of carbonyl (C=O) groups excluding carboxylic acids is 2. The van der Waals surface area contributed by atoms with Crippen molar-refractivity contribution in [3.05, 3.63) is 107 Å². The largest absolute Gasteiger partial charge is 0.494 e. The quantitative estimate of drug-likeness (QED) is 0.142. The third-order valence-corrected chi connectivity index (χ3v) is 5.91. The van der Waals surface area contributed by atoms with Crippen LogP contribution in [-0.4, -0.2) is 31.2 Å². The minimum absolute atomic E-state index is 0.240. The highest BCUT2D eigenvalue weighted by molar-refractivity contribution is 6.03. The number of nitrogens with one attached hydrogen (secondary N) is 2. The molecule has 2 amide bonds. The van der Waals surface area contributed by atoms with Gasteiger partial charge in [-0.15, -0.1) is 0 Å². The molecule has 7 nitrogen and oxygen atoms in total. The normalized spacial score (nSPS) is 10.9. The van der Waals surface area contributed by atoms with Crippen LogP contribution in [0.25, 0.3) is 10.8 Å². The van der Waals surface area contributed by atoms with Gasteiger partial charge in [-0.3, -0.25) is 9.59 Å². The van der Waals surface area contributed by atoms with Crippen LogP contribution in [0.1, 0.15) is 41.3 Å². The molecule has 4 aromatic carbocycles. The summed E-state index contributed by atoms with van der Waals surface area (Å²) >= 11 is 0. The molecule has 0 aliphatic carbocycles. The van der Waals surface area contributed by atoms with Crippen molar-refractivity contribution in [2.75, 3.05) is 13.2 Å². The number of carbonyl (C=O) groups is 2. The molecule has 200 valence electrons. The van der Waals surface area contributed by atoms with Crippen LogP contribution in [0.4, 0.5) is 4.39 Å². The van der Waals surface area contributed by atoms with E-state index < -0.39 is 5.91 Å². The second-order valence-electron chi connectivity index (χ2n) is 8.82. The SMILES string of the molecule is CCCCOc1ccc(C(=O)NCC(=O)N/N=C/c2c(OCc3ccc(F)cc3)ccc3ccccc23)cc1. The zero-order valence-corrected chi connectivity index (χ0v) is 21.7. The fourth-order valence-electron chi connectivity index (χ4n) is 3.78. The summed E-state index contributed by atoms with van der Waals surface area (Å²) < 4.78 is 24.8. The molecule has 8 heteroatoms. The van der Waals surface area contributed by atoms with Gasteiger partial charge in [0.1, 0.15) is 23.9 Å². The first-order valence-electron chi connectivity index (χ1n) is 12.8. The second kappa shape index (κ2) is 13.7. The van der Waals surface area contributed by atoms with E-state index in [1.54, 1.807) is 36.4 Å². The van der Waals surface area contributed by atoms with Gasteiger partial charge in [-0.25, -0.2) is 9.82 Å². The molecule has 0 aliphatic heterocycles. The molecule has 2 N–H and O–H groups in total. The smallest absolute Gasteiger partial charge is 0.259 e. The predicted molar refractivity (Wildman–Crippen MR) is 150 cm³/mol. The summed E-state index contributed by atoms with van der Waals surface area (Å²) in [5.74, 6) is 0.0930. The number of halogens is 1. The van der Waals surface area contributed by atoms with E-state index in [-0.39, 0.29) is 24.9 Å². The molecular weight excluding hydrogens is 497 g/mol. The second-order valence-corrected chi connectivity index (χ2v) is 8.82. The molecule has 4 rings (SSSR count). The van der Waals surface area contributed by atoms with Gasteiger partial charge < -0.3 is 14.8 Å². The Labute approximate surface area is 226 Å². The van der Waals surface area contributed by atoms with Crippen molar-refractivity contribution >= 4 is 28.8 Å².